The van der Waals surface area contributed by atoms with Crippen LogP contribution in [0.4, 0.5) is 0 Å². The van der Waals surface area contributed by atoms with E-state index in [4.69, 9.17) is 0 Å². The van der Waals surface area contributed by atoms with Crippen molar-refractivity contribution < 1.29 is 4.79 Å². The zero-order chi connectivity index (χ0) is 15.2. The summed E-state index contributed by atoms with van der Waals surface area (Å²) in [6.07, 6.45) is 14.1. The van der Waals surface area contributed by atoms with Crippen LogP contribution in [0.2, 0.25) is 0 Å². The summed E-state index contributed by atoms with van der Waals surface area (Å²) in [4.78, 5) is 11.7. The SMILES string of the molecule is CC#CC[C@@]12CCC[C@H]1[C@@H]1CCC3=CC(=O)CCC3=C1CC2. The molecule has 0 saturated heterocycles. The third-order valence-electron chi connectivity index (χ3n) is 6.88. The fourth-order valence-electron chi connectivity index (χ4n) is 5.90. The van der Waals surface area contributed by atoms with Crippen molar-refractivity contribution in [2.75, 3.05) is 0 Å². The Morgan fingerprint density at radius 3 is 2.95 bits per heavy atom. The molecule has 0 heterocycles. The van der Waals surface area contributed by atoms with Gasteiger partial charge in [0.15, 0.2) is 5.78 Å². The van der Waals surface area contributed by atoms with Crippen LogP contribution in [-0.2, 0) is 4.79 Å². The summed E-state index contributed by atoms with van der Waals surface area (Å²) >= 11 is 0. The standard InChI is InChI=1S/C21H26O/c1-2-3-11-21-12-4-5-20(21)19-8-6-15-14-16(22)7-9-17(15)18(19)10-13-21/h14,19-20H,4-13H2,1H3/t19-,20+,21+/m1/s1. The van der Waals surface area contributed by atoms with Gasteiger partial charge in [-0.1, -0.05) is 12.0 Å². The zero-order valence-corrected chi connectivity index (χ0v) is 13.7. The molecule has 0 aliphatic heterocycles. The second-order valence-electron chi connectivity index (χ2n) is 7.75. The van der Waals surface area contributed by atoms with E-state index in [0.717, 1.165) is 37.5 Å². The number of allylic oxidation sites excluding steroid dienone is 4. The van der Waals surface area contributed by atoms with Crippen LogP contribution in [0, 0.1) is 29.1 Å². The number of rotatable bonds is 1. The number of hydrogen-bond donors (Lipinski definition) is 0. The topological polar surface area (TPSA) is 17.1 Å². The van der Waals surface area contributed by atoms with Gasteiger partial charge in [0.05, 0.1) is 0 Å². The van der Waals surface area contributed by atoms with Crippen LogP contribution in [0.25, 0.3) is 0 Å². The molecular weight excluding hydrogens is 268 g/mol. The average Bonchev–Trinajstić information content (AvgIpc) is 2.96. The summed E-state index contributed by atoms with van der Waals surface area (Å²) < 4.78 is 0. The number of fused-ring (bicyclic) bond motifs is 4. The third-order valence-corrected chi connectivity index (χ3v) is 6.88. The maximum absolute atomic E-state index is 11.7. The van der Waals surface area contributed by atoms with Gasteiger partial charge in [0, 0.05) is 12.8 Å². The number of hydrogen-bond acceptors (Lipinski definition) is 1. The van der Waals surface area contributed by atoms with Gasteiger partial charge >= 0.3 is 0 Å². The summed E-state index contributed by atoms with van der Waals surface area (Å²) in [5.74, 6) is 8.57. The van der Waals surface area contributed by atoms with E-state index in [-0.39, 0.29) is 0 Å². The van der Waals surface area contributed by atoms with E-state index < -0.39 is 0 Å². The monoisotopic (exact) mass is 294 g/mol. The molecule has 0 aromatic heterocycles. The van der Waals surface area contributed by atoms with Gasteiger partial charge in [0.2, 0.25) is 0 Å². The minimum Gasteiger partial charge on any atom is -0.295 e. The zero-order valence-electron chi connectivity index (χ0n) is 13.7. The van der Waals surface area contributed by atoms with Gasteiger partial charge in [-0.2, -0.15) is 0 Å². The first kappa shape index (κ1) is 14.3. The van der Waals surface area contributed by atoms with Crippen molar-refractivity contribution in [1.29, 1.82) is 0 Å². The summed E-state index contributed by atoms with van der Waals surface area (Å²) in [5, 5.41) is 0. The normalized spacial score (nSPS) is 36.8. The van der Waals surface area contributed by atoms with Crippen molar-refractivity contribution in [3.8, 4) is 11.8 Å². The molecule has 116 valence electrons. The van der Waals surface area contributed by atoms with E-state index in [1.54, 1.807) is 11.1 Å². The Labute approximate surface area is 134 Å². The molecule has 0 bridgehead atoms. The Balaban J connectivity index is 1.70. The van der Waals surface area contributed by atoms with Crippen LogP contribution in [0.15, 0.2) is 22.8 Å². The molecule has 2 saturated carbocycles. The van der Waals surface area contributed by atoms with Crippen molar-refractivity contribution in [1.82, 2.24) is 0 Å². The molecule has 0 unspecified atom stereocenters. The molecule has 3 atom stereocenters. The third kappa shape index (κ3) is 2.11. The molecule has 2 fully saturated rings. The largest absolute Gasteiger partial charge is 0.295 e. The maximum atomic E-state index is 11.7. The van der Waals surface area contributed by atoms with Crippen LogP contribution in [0.5, 0.6) is 0 Å². The van der Waals surface area contributed by atoms with Gasteiger partial charge < -0.3 is 0 Å². The van der Waals surface area contributed by atoms with Crippen LogP contribution in [0.1, 0.15) is 71.1 Å². The first-order chi connectivity index (χ1) is 10.7. The molecule has 4 aliphatic rings. The van der Waals surface area contributed by atoms with Crippen molar-refractivity contribution in [3.05, 3.63) is 22.8 Å². The van der Waals surface area contributed by atoms with Crippen molar-refractivity contribution in [2.45, 2.75) is 71.1 Å². The second kappa shape index (κ2) is 5.41. The van der Waals surface area contributed by atoms with Crippen LogP contribution in [-0.4, -0.2) is 5.78 Å². The van der Waals surface area contributed by atoms with Crippen LogP contribution in [0.3, 0.4) is 0 Å². The lowest BCUT2D eigenvalue weighted by molar-refractivity contribution is -0.114. The number of carbonyl (C=O) groups excluding carboxylic acids is 1. The summed E-state index contributed by atoms with van der Waals surface area (Å²) in [6.45, 7) is 1.98. The van der Waals surface area contributed by atoms with E-state index in [2.05, 4.69) is 11.8 Å². The Morgan fingerprint density at radius 2 is 2.09 bits per heavy atom. The lowest BCUT2D eigenvalue weighted by atomic mass is 9.56. The summed E-state index contributed by atoms with van der Waals surface area (Å²) in [6, 6.07) is 0. The minimum absolute atomic E-state index is 0.349. The van der Waals surface area contributed by atoms with Crippen molar-refractivity contribution >= 4 is 5.78 Å². The van der Waals surface area contributed by atoms with Crippen molar-refractivity contribution in [3.63, 3.8) is 0 Å². The molecule has 0 aromatic carbocycles. The molecule has 0 amide bonds. The predicted molar refractivity (Wildman–Crippen MR) is 89.1 cm³/mol. The molecule has 0 radical (unpaired) electrons. The van der Waals surface area contributed by atoms with Gasteiger partial charge in [0.25, 0.3) is 0 Å². The lowest BCUT2D eigenvalue weighted by Gasteiger charge is -2.48. The van der Waals surface area contributed by atoms with Gasteiger partial charge in [-0.05, 0) is 86.3 Å². The Hall–Kier alpha value is -1.29. The Bertz CT molecular complexity index is 624. The highest BCUT2D eigenvalue weighted by atomic mass is 16.1. The minimum atomic E-state index is 0.349. The van der Waals surface area contributed by atoms with Gasteiger partial charge in [-0.25, -0.2) is 0 Å². The Kier molecular flexibility index (Phi) is 3.52. The second-order valence-corrected chi connectivity index (χ2v) is 7.75. The highest BCUT2D eigenvalue weighted by molar-refractivity contribution is 5.93. The van der Waals surface area contributed by atoms with E-state index in [1.165, 1.54) is 44.1 Å². The summed E-state index contributed by atoms with van der Waals surface area (Å²) in [5.41, 5.74) is 5.25. The summed E-state index contributed by atoms with van der Waals surface area (Å²) in [7, 11) is 0. The molecule has 1 nitrogen and oxygen atoms in total. The van der Waals surface area contributed by atoms with E-state index in [1.807, 2.05) is 13.0 Å². The smallest absolute Gasteiger partial charge is 0.156 e. The van der Waals surface area contributed by atoms with E-state index in [0.29, 0.717) is 11.2 Å². The first-order valence-corrected chi connectivity index (χ1v) is 9.09. The average molecular weight is 294 g/mol. The molecule has 4 aliphatic carbocycles. The molecular formula is C21H26O. The maximum Gasteiger partial charge on any atom is 0.156 e. The molecule has 0 aromatic rings. The number of ketones is 1. The molecule has 4 rings (SSSR count). The predicted octanol–water partition coefficient (Wildman–Crippen LogP) is 4.98. The molecule has 1 heteroatoms. The van der Waals surface area contributed by atoms with Gasteiger partial charge in [-0.15, -0.1) is 11.8 Å². The fourth-order valence-corrected chi connectivity index (χ4v) is 5.90. The van der Waals surface area contributed by atoms with Gasteiger partial charge in [-0.3, -0.25) is 4.79 Å². The van der Waals surface area contributed by atoms with Crippen molar-refractivity contribution in [2.24, 2.45) is 17.3 Å². The van der Waals surface area contributed by atoms with Gasteiger partial charge in [0.1, 0.15) is 0 Å². The lowest BCUT2D eigenvalue weighted by Crippen LogP contribution is -2.38. The first-order valence-electron chi connectivity index (χ1n) is 9.09. The van der Waals surface area contributed by atoms with E-state index >= 15 is 0 Å². The highest BCUT2D eigenvalue weighted by Crippen LogP contribution is 2.61. The quantitative estimate of drug-likeness (QED) is 0.624. The molecule has 0 N–H and O–H groups in total. The van der Waals surface area contributed by atoms with E-state index in [9.17, 15) is 4.79 Å². The number of carbonyl (C=O) groups is 1. The molecule has 22 heavy (non-hydrogen) atoms. The fraction of sp³-hybridized carbons (Fsp3) is 0.667. The highest BCUT2D eigenvalue weighted by Gasteiger charge is 2.50. The van der Waals surface area contributed by atoms with Crippen LogP contribution >= 0.6 is 0 Å². The Morgan fingerprint density at radius 1 is 1.18 bits per heavy atom. The van der Waals surface area contributed by atoms with Crippen LogP contribution < -0.4 is 0 Å². The molecule has 0 spiro atoms.